The van der Waals surface area contributed by atoms with Crippen molar-refractivity contribution in [1.82, 2.24) is 0 Å². The molecule has 19 heavy (non-hydrogen) atoms. The number of hydrogen-bond donors (Lipinski definition) is 2. The van der Waals surface area contributed by atoms with Gasteiger partial charge in [-0.3, -0.25) is 4.79 Å². The summed E-state index contributed by atoms with van der Waals surface area (Å²) in [6.07, 6.45) is 3.35. The summed E-state index contributed by atoms with van der Waals surface area (Å²) in [5, 5.41) is 9.67. The lowest BCUT2D eigenvalue weighted by molar-refractivity contribution is -0.150. The standard InChI is InChI=1S/C15H21NO3/c1-19-12-6-4-5-11(9-12)13(10-16)15(14(17)18)7-2-3-8-15/h4-6,9,13H,2-3,7-8,10,16H2,1H3,(H,17,18)/t13-/m0/s1. The predicted octanol–water partition coefficient (Wildman–Crippen LogP) is 2.38. The third-order valence-corrected chi connectivity index (χ3v) is 4.32. The van der Waals surface area contributed by atoms with Crippen LogP contribution >= 0.6 is 0 Å². The minimum absolute atomic E-state index is 0.150. The second-order valence-corrected chi connectivity index (χ2v) is 5.23. The van der Waals surface area contributed by atoms with Crippen LogP contribution < -0.4 is 10.5 Å². The van der Waals surface area contributed by atoms with Crippen LogP contribution in [0.5, 0.6) is 5.75 Å². The number of benzene rings is 1. The summed E-state index contributed by atoms with van der Waals surface area (Å²) in [6.45, 7) is 0.347. The number of carboxylic acid groups (broad SMARTS) is 1. The van der Waals surface area contributed by atoms with E-state index in [1.165, 1.54) is 0 Å². The Hall–Kier alpha value is -1.55. The highest BCUT2D eigenvalue weighted by Gasteiger charge is 2.47. The monoisotopic (exact) mass is 263 g/mol. The Labute approximate surface area is 113 Å². The summed E-state index contributed by atoms with van der Waals surface area (Å²) in [6, 6.07) is 7.60. The fourth-order valence-corrected chi connectivity index (χ4v) is 3.26. The Morgan fingerprint density at radius 1 is 1.47 bits per heavy atom. The van der Waals surface area contributed by atoms with Crippen LogP contribution in [0.2, 0.25) is 0 Å². The lowest BCUT2D eigenvalue weighted by Gasteiger charge is -2.33. The van der Waals surface area contributed by atoms with Crippen molar-refractivity contribution < 1.29 is 14.6 Å². The third-order valence-electron chi connectivity index (χ3n) is 4.32. The van der Waals surface area contributed by atoms with Crippen LogP contribution in [0, 0.1) is 5.41 Å². The van der Waals surface area contributed by atoms with Crippen molar-refractivity contribution >= 4 is 5.97 Å². The molecular weight excluding hydrogens is 242 g/mol. The number of rotatable bonds is 5. The number of aliphatic carboxylic acids is 1. The van der Waals surface area contributed by atoms with E-state index in [4.69, 9.17) is 10.5 Å². The van der Waals surface area contributed by atoms with E-state index in [1.54, 1.807) is 7.11 Å². The molecule has 1 saturated carbocycles. The van der Waals surface area contributed by atoms with Crippen LogP contribution in [0.25, 0.3) is 0 Å². The third kappa shape index (κ3) is 2.45. The summed E-state index contributed by atoms with van der Waals surface area (Å²) in [5.74, 6) is -0.125. The van der Waals surface area contributed by atoms with Gasteiger partial charge >= 0.3 is 5.97 Å². The van der Waals surface area contributed by atoms with E-state index in [9.17, 15) is 9.90 Å². The minimum atomic E-state index is -0.719. The van der Waals surface area contributed by atoms with Gasteiger partial charge in [-0.25, -0.2) is 0 Å². The predicted molar refractivity (Wildman–Crippen MR) is 73.3 cm³/mol. The number of nitrogens with two attached hydrogens (primary N) is 1. The number of hydrogen-bond acceptors (Lipinski definition) is 3. The van der Waals surface area contributed by atoms with E-state index in [-0.39, 0.29) is 5.92 Å². The average molecular weight is 263 g/mol. The van der Waals surface area contributed by atoms with Crippen molar-refractivity contribution in [2.75, 3.05) is 13.7 Å². The molecule has 0 amide bonds. The van der Waals surface area contributed by atoms with Crippen LogP contribution in [0.15, 0.2) is 24.3 Å². The molecule has 4 heteroatoms. The molecule has 1 aromatic rings. The zero-order chi connectivity index (χ0) is 13.9. The Morgan fingerprint density at radius 3 is 2.68 bits per heavy atom. The van der Waals surface area contributed by atoms with Gasteiger partial charge in [-0.2, -0.15) is 0 Å². The van der Waals surface area contributed by atoms with Gasteiger partial charge in [0.25, 0.3) is 0 Å². The van der Waals surface area contributed by atoms with Gasteiger partial charge in [-0.1, -0.05) is 25.0 Å². The van der Waals surface area contributed by atoms with Gasteiger partial charge in [0, 0.05) is 12.5 Å². The molecule has 0 bridgehead atoms. The van der Waals surface area contributed by atoms with Crippen molar-refractivity contribution in [3.8, 4) is 5.75 Å². The molecule has 0 aliphatic heterocycles. The Bertz CT molecular complexity index is 452. The molecule has 0 heterocycles. The molecule has 4 nitrogen and oxygen atoms in total. The normalized spacial score (nSPS) is 19.1. The first-order valence-electron chi connectivity index (χ1n) is 6.71. The maximum atomic E-state index is 11.8. The first-order valence-corrected chi connectivity index (χ1v) is 6.71. The number of carboxylic acids is 1. The van der Waals surface area contributed by atoms with Crippen molar-refractivity contribution in [2.24, 2.45) is 11.1 Å². The molecule has 0 radical (unpaired) electrons. The SMILES string of the molecule is COc1cccc([C@H](CN)C2(C(=O)O)CCCC2)c1. The quantitative estimate of drug-likeness (QED) is 0.855. The second-order valence-electron chi connectivity index (χ2n) is 5.23. The van der Waals surface area contributed by atoms with Crippen molar-refractivity contribution in [3.05, 3.63) is 29.8 Å². The summed E-state index contributed by atoms with van der Waals surface area (Å²) in [4.78, 5) is 11.8. The highest BCUT2D eigenvalue weighted by atomic mass is 16.5. The largest absolute Gasteiger partial charge is 0.497 e. The lowest BCUT2D eigenvalue weighted by Crippen LogP contribution is -2.38. The van der Waals surface area contributed by atoms with E-state index in [0.29, 0.717) is 19.4 Å². The summed E-state index contributed by atoms with van der Waals surface area (Å²) in [7, 11) is 1.61. The second kappa shape index (κ2) is 5.61. The Morgan fingerprint density at radius 2 is 2.16 bits per heavy atom. The fourth-order valence-electron chi connectivity index (χ4n) is 3.26. The molecule has 3 N–H and O–H groups in total. The summed E-state index contributed by atoms with van der Waals surface area (Å²) >= 11 is 0. The Balaban J connectivity index is 2.39. The average Bonchev–Trinajstić information content (AvgIpc) is 2.90. The molecule has 1 aliphatic rings. The molecule has 0 unspecified atom stereocenters. The van der Waals surface area contributed by atoms with Crippen LogP contribution in [0.4, 0.5) is 0 Å². The van der Waals surface area contributed by atoms with Gasteiger partial charge in [0.05, 0.1) is 12.5 Å². The van der Waals surface area contributed by atoms with Gasteiger partial charge in [-0.15, -0.1) is 0 Å². The lowest BCUT2D eigenvalue weighted by atomic mass is 9.70. The molecule has 2 rings (SSSR count). The molecule has 1 aliphatic carbocycles. The molecule has 104 valence electrons. The van der Waals surface area contributed by atoms with E-state index < -0.39 is 11.4 Å². The number of carbonyl (C=O) groups is 1. The van der Waals surface area contributed by atoms with E-state index in [1.807, 2.05) is 24.3 Å². The topological polar surface area (TPSA) is 72.5 Å². The first kappa shape index (κ1) is 13.9. The van der Waals surface area contributed by atoms with Crippen molar-refractivity contribution in [2.45, 2.75) is 31.6 Å². The molecule has 1 aromatic carbocycles. The molecule has 1 atom stereocenters. The zero-order valence-corrected chi connectivity index (χ0v) is 11.3. The van der Waals surface area contributed by atoms with Gasteiger partial charge < -0.3 is 15.6 Å². The first-order chi connectivity index (χ1) is 9.14. The highest BCUT2D eigenvalue weighted by Crippen LogP contribution is 2.49. The van der Waals surface area contributed by atoms with Crippen molar-refractivity contribution in [3.63, 3.8) is 0 Å². The van der Waals surface area contributed by atoms with Crippen LogP contribution in [-0.2, 0) is 4.79 Å². The molecule has 0 aromatic heterocycles. The number of ether oxygens (including phenoxy) is 1. The van der Waals surface area contributed by atoms with Crippen LogP contribution in [0.1, 0.15) is 37.2 Å². The molecule has 0 saturated heterocycles. The van der Waals surface area contributed by atoms with Crippen LogP contribution in [-0.4, -0.2) is 24.7 Å². The van der Waals surface area contributed by atoms with Gasteiger partial charge in [0.2, 0.25) is 0 Å². The molecule has 1 fully saturated rings. The Kier molecular flexibility index (Phi) is 4.10. The van der Waals surface area contributed by atoms with E-state index in [0.717, 1.165) is 24.2 Å². The maximum Gasteiger partial charge on any atom is 0.310 e. The van der Waals surface area contributed by atoms with Gasteiger partial charge in [0.15, 0.2) is 0 Å². The van der Waals surface area contributed by atoms with E-state index >= 15 is 0 Å². The van der Waals surface area contributed by atoms with E-state index in [2.05, 4.69) is 0 Å². The van der Waals surface area contributed by atoms with Gasteiger partial charge in [0.1, 0.15) is 5.75 Å². The molecule has 0 spiro atoms. The number of methoxy groups -OCH3 is 1. The van der Waals surface area contributed by atoms with Crippen LogP contribution in [0.3, 0.4) is 0 Å². The van der Waals surface area contributed by atoms with Crippen molar-refractivity contribution in [1.29, 1.82) is 0 Å². The maximum absolute atomic E-state index is 11.8. The molecular formula is C15H21NO3. The zero-order valence-electron chi connectivity index (χ0n) is 11.3. The minimum Gasteiger partial charge on any atom is -0.497 e. The fraction of sp³-hybridized carbons (Fsp3) is 0.533. The summed E-state index contributed by atoms with van der Waals surface area (Å²) < 4.78 is 5.22. The highest BCUT2D eigenvalue weighted by molar-refractivity contribution is 5.76. The summed E-state index contributed by atoms with van der Waals surface area (Å²) in [5.41, 5.74) is 6.15. The smallest absolute Gasteiger partial charge is 0.310 e. The van der Waals surface area contributed by atoms with Gasteiger partial charge in [-0.05, 0) is 30.5 Å².